The van der Waals surface area contributed by atoms with Crippen LogP contribution < -0.4 is 10.9 Å². The van der Waals surface area contributed by atoms with Crippen LogP contribution in [0.4, 0.5) is 0 Å². The quantitative estimate of drug-likeness (QED) is 0.445. The molecule has 2 aliphatic heterocycles. The van der Waals surface area contributed by atoms with Crippen LogP contribution >= 0.6 is 0 Å². The summed E-state index contributed by atoms with van der Waals surface area (Å²) in [5.41, 5.74) is 0.654. The Balaban J connectivity index is 0.000000221. The molecule has 2 aromatic rings. The first-order valence-electron chi connectivity index (χ1n) is 12.7. The number of aromatic amines is 1. The molecule has 2 fully saturated rings. The van der Waals surface area contributed by atoms with Crippen molar-refractivity contribution in [2.45, 2.75) is 110 Å². The fourth-order valence-corrected chi connectivity index (χ4v) is 4.21. The minimum atomic E-state index is -1.04. The molecule has 2 aliphatic rings. The Hall–Kier alpha value is -1.43. The lowest BCUT2D eigenvalue weighted by Crippen LogP contribution is -2.41. The van der Waals surface area contributed by atoms with Gasteiger partial charge >= 0.3 is 14.2 Å². The molecule has 0 radical (unpaired) electrons. The van der Waals surface area contributed by atoms with Crippen molar-refractivity contribution in [3.8, 4) is 0 Å². The van der Waals surface area contributed by atoms with Crippen molar-refractivity contribution in [3.05, 3.63) is 24.8 Å². The number of H-pyrrole nitrogens is 1. The molecule has 0 amide bonds. The lowest BCUT2D eigenvalue weighted by molar-refractivity contribution is 0.00578. The predicted molar refractivity (Wildman–Crippen MR) is 146 cm³/mol. The highest BCUT2D eigenvalue weighted by molar-refractivity contribution is 6.76. The third-order valence-electron chi connectivity index (χ3n) is 7.44. The SMILES string of the molecule is CC1(C)OB(c2cn[nH]c2)OC1(C)C.CC1(C)OB(c2cnn(COCC[Si](C)(C)C)c2)OC1(C)C. The fraction of sp³-hybridized carbons (Fsp3) is 0.750. The second kappa shape index (κ2) is 10.4. The van der Waals surface area contributed by atoms with Gasteiger partial charge in [0.1, 0.15) is 6.73 Å². The van der Waals surface area contributed by atoms with E-state index in [-0.39, 0.29) is 36.6 Å². The van der Waals surface area contributed by atoms with E-state index in [2.05, 4.69) is 62.6 Å². The zero-order valence-electron chi connectivity index (χ0n) is 24.0. The van der Waals surface area contributed by atoms with Crippen LogP contribution in [0.3, 0.4) is 0 Å². The molecule has 200 valence electrons. The minimum absolute atomic E-state index is 0.283. The maximum absolute atomic E-state index is 6.02. The van der Waals surface area contributed by atoms with Gasteiger partial charge < -0.3 is 23.4 Å². The Morgan fingerprint density at radius 3 is 1.78 bits per heavy atom. The molecule has 9 nitrogen and oxygen atoms in total. The highest BCUT2D eigenvalue weighted by Crippen LogP contribution is 2.37. The van der Waals surface area contributed by atoms with E-state index in [1.807, 2.05) is 33.9 Å². The molecular formula is C24H44B2N4O5Si. The number of hydrogen-bond acceptors (Lipinski definition) is 7. The summed E-state index contributed by atoms with van der Waals surface area (Å²) in [5.74, 6) is 0. The average Bonchev–Trinajstić information content (AvgIpc) is 3.47. The third-order valence-corrected chi connectivity index (χ3v) is 9.15. The summed E-state index contributed by atoms with van der Waals surface area (Å²) in [6.07, 6.45) is 7.25. The number of ether oxygens (including phenoxy) is 1. The van der Waals surface area contributed by atoms with Gasteiger partial charge in [-0.3, -0.25) is 5.10 Å². The number of hydrogen-bond donors (Lipinski definition) is 1. The standard InChI is InChI=1S/C15H29BN2O3Si.C9H15BN2O2/c1-14(2)15(3,4)21-16(20-14)13-10-17-18(11-13)12-19-8-9-22(5,6)7;1-8(2)9(3,4)14-10(13-8)7-5-11-12-6-7/h10-11H,8-9,12H2,1-7H3;5-6H,1-4H3,(H,11,12). The molecule has 36 heavy (non-hydrogen) atoms. The van der Waals surface area contributed by atoms with E-state index in [0.29, 0.717) is 6.73 Å². The molecule has 0 spiro atoms. The van der Waals surface area contributed by atoms with Crippen molar-refractivity contribution < 1.29 is 23.4 Å². The summed E-state index contributed by atoms with van der Waals surface area (Å²) in [6.45, 7) is 24.7. The van der Waals surface area contributed by atoms with Crippen molar-refractivity contribution >= 4 is 33.2 Å². The molecule has 4 rings (SSSR count). The highest BCUT2D eigenvalue weighted by Gasteiger charge is 2.53. The second-order valence-corrected chi connectivity index (χ2v) is 18.5. The summed E-state index contributed by atoms with van der Waals surface area (Å²) in [6, 6.07) is 1.17. The van der Waals surface area contributed by atoms with Gasteiger partial charge in [0, 0.05) is 50.4 Å². The van der Waals surface area contributed by atoms with Gasteiger partial charge in [-0.05, 0) is 61.4 Å². The van der Waals surface area contributed by atoms with Gasteiger partial charge in [-0.1, -0.05) is 19.6 Å². The van der Waals surface area contributed by atoms with Gasteiger partial charge in [0.05, 0.1) is 22.4 Å². The predicted octanol–water partition coefficient (Wildman–Crippen LogP) is 3.20. The Labute approximate surface area is 218 Å². The van der Waals surface area contributed by atoms with E-state index in [1.54, 1.807) is 23.3 Å². The van der Waals surface area contributed by atoms with Crippen LogP contribution in [0.5, 0.6) is 0 Å². The molecule has 0 atom stereocenters. The first-order valence-corrected chi connectivity index (χ1v) is 16.4. The Morgan fingerprint density at radius 2 is 1.33 bits per heavy atom. The fourth-order valence-electron chi connectivity index (χ4n) is 3.46. The second-order valence-electron chi connectivity index (χ2n) is 12.9. The van der Waals surface area contributed by atoms with Crippen molar-refractivity contribution in [1.82, 2.24) is 20.0 Å². The van der Waals surface area contributed by atoms with Gasteiger partial charge in [-0.2, -0.15) is 10.2 Å². The molecule has 0 aliphatic carbocycles. The first kappa shape index (κ1) is 29.1. The monoisotopic (exact) mass is 518 g/mol. The average molecular weight is 518 g/mol. The maximum atomic E-state index is 6.02. The van der Waals surface area contributed by atoms with Crippen LogP contribution in [-0.2, 0) is 30.1 Å². The molecule has 2 aromatic heterocycles. The van der Waals surface area contributed by atoms with E-state index >= 15 is 0 Å². The van der Waals surface area contributed by atoms with Gasteiger partial charge in [-0.15, -0.1) is 0 Å². The molecular weight excluding hydrogens is 474 g/mol. The van der Waals surface area contributed by atoms with Gasteiger partial charge in [0.15, 0.2) is 0 Å². The molecule has 2 saturated heterocycles. The van der Waals surface area contributed by atoms with E-state index in [0.717, 1.165) is 17.5 Å². The van der Waals surface area contributed by atoms with E-state index in [1.165, 1.54) is 6.04 Å². The van der Waals surface area contributed by atoms with Crippen LogP contribution in [0.1, 0.15) is 55.4 Å². The van der Waals surface area contributed by atoms with E-state index in [9.17, 15) is 0 Å². The summed E-state index contributed by atoms with van der Waals surface area (Å²) in [4.78, 5) is 0. The molecule has 0 bridgehead atoms. The molecule has 0 aromatic carbocycles. The third kappa shape index (κ3) is 6.90. The largest absolute Gasteiger partial charge is 0.498 e. The normalized spacial score (nSPS) is 22.0. The van der Waals surface area contributed by atoms with Crippen LogP contribution in [0.15, 0.2) is 24.8 Å². The molecule has 1 N–H and O–H groups in total. The van der Waals surface area contributed by atoms with E-state index in [4.69, 9.17) is 23.4 Å². The van der Waals surface area contributed by atoms with Crippen LogP contribution in [0.2, 0.25) is 25.7 Å². The van der Waals surface area contributed by atoms with Gasteiger partial charge in [0.2, 0.25) is 0 Å². The molecule has 0 saturated carbocycles. The molecule has 4 heterocycles. The topological polar surface area (TPSA) is 92.7 Å². The van der Waals surface area contributed by atoms with Gasteiger partial charge in [0.25, 0.3) is 0 Å². The van der Waals surface area contributed by atoms with E-state index < -0.39 is 8.07 Å². The first-order chi connectivity index (χ1) is 16.4. The number of rotatable bonds is 7. The van der Waals surface area contributed by atoms with Crippen molar-refractivity contribution in [2.24, 2.45) is 0 Å². The minimum Gasteiger partial charge on any atom is -0.399 e. The van der Waals surface area contributed by atoms with Crippen LogP contribution in [-0.4, -0.2) is 71.3 Å². The number of aromatic nitrogens is 4. The summed E-state index contributed by atoms with van der Waals surface area (Å²) >= 11 is 0. The van der Waals surface area contributed by atoms with Crippen LogP contribution in [0, 0.1) is 0 Å². The Bertz CT molecular complexity index is 957. The summed E-state index contributed by atoms with van der Waals surface area (Å²) in [5, 5.41) is 11.0. The van der Waals surface area contributed by atoms with Crippen LogP contribution in [0.25, 0.3) is 0 Å². The number of nitrogens with one attached hydrogen (secondary N) is 1. The lowest BCUT2D eigenvalue weighted by atomic mass is 9.82. The lowest BCUT2D eigenvalue weighted by Gasteiger charge is -2.32. The van der Waals surface area contributed by atoms with Gasteiger partial charge in [-0.25, -0.2) is 4.68 Å². The van der Waals surface area contributed by atoms with Crippen molar-refractivity contribution in [1.29, 1.82) is 0 Å². The Kier molecular flexibility index (Phi) is 8.40. The zero-order chi connectivity index (χ0) is 27.0. The highest BCUT2D eigenvalue weighted by atomic mass is 28.3. The maximum Gasteiger partial charge on any atom is 0.498 e. The molecule has 0 unspecified atom stereocenters. The summed E-state index contributed by atoms with van der Waals surface area (Å²) < 4.78 is 31.2. The number of nitrogens with zero attached hydrogens (tertiary/aromatic N) is 3. The van der Waals surface area contributed by atoms with Crippen molar-refractivity contribution in [2.75, 3.05) is 6.61 Å². The van der Waals surface area contributed by atoms with Crippen molar-refractivity contribution in [3.63, 3.8) is 0 Å². The molecule has 12 heteroatoms. The smallest absolute Gasteiger partial charge is 0.399 e. The summed E-state index contributed by atoms with van der Waals surface area (Å²) in [7, 11) is -1.71. The Morgan fingerprint density at radius 1 is 0.833 bits per heavy atom. The zero-order valence-corrected chi connectivity index (χ0v) is 25.0.